The van der Waals surface area contributed by atoms with E-state index in [0.717, 1.165) is 13.8 Å². The van der Waals surface area contributed by atoms with Crippen molar-refractivity contribution < 1.29 is 228 Å². The van der Waals surface area contributed by atoms with Crippen LogP contribution in [0.2, 0.25) is 0 Å². The second-order valence-corrected chi connectivity index (χ2v) is 26.4. The van der Waals surface area contributed by atoms with Crippen LogP contribution in [0.15, 0.2) is 0 Å². The fourth-order valence-electron chi connectivity index (χ4n) is 13.0. The first-order chi connectivity index (χ1) is 50.1. The van der Waals surface area contributed by atoms with Gasteiger partial charge in [-0.05, 0) is 0 Å². The molecule has 8 aliphatic rings. The molecule has 106 heavy (non-hydrogen) atoms. The maximum absolute atomic E-state index is 12.9. The highest BCUT2D eigenvalue weighted by molar-refractivity contribution is 5.77. The molecule has 8 heterocycles. The monoisotopic (exact) mass is 1560 g/mol. The summed E-state index contributed by atoms with van der Waals surface area (Å²) in [5, 5.41) is 300. The highest BCUT2D eigenvalue weighted by Gasteiger charge is 2.60. The minimum absolute atomic E-state index is 0.0257. The first kappa shape index (κ1) is 88.5. The van der Waals surface area contributed by atoms with Crippen molar-refractivity contribution in [2.45, 2.75) is 284 Å². The van der Waals surface area contributed by atoms with E-state index in [9.17, 15) is 152 Å². The maximum atomic E-state index is 12.9. The molecule has 0 bridgehead atoms. The van der Waals surface area contributed by atoms with E-state index in [1.54, 1.807) is 0 Å². The quantitative estimate of drug-likeness (QED) is 0.0287. The van der Waals surface area contributed by atoms with Gasteiger partial charge in [-0.1, -0.05) is 0 Å². The number of carbonyl (C=O) groups is 3. The van der Waals surface area contributed by atoms with Crippen molar-refractivity contribution in [3.8, 4) is 0 Å². The van der Waals surface area contributed by atoms with Gasteiger partial charge in [-0.15, -0.1) is 0 Å². The number of rotatable bonds is 31. The van der Waals surface area contributed by atoms with E-state index in [1.807, 2.05) is 0 Å². The van der Waals surface area contributed by atoms with Crippen molar-refractivity contribution >= 4 is 18.1 Å². The molecule has 8 fully saturated rings. The molecule has 48 heteroatoms. The van der Waals surface area contributed by atoms with Crippen LogP contribution in [0, 0.1) is 0 Å². The number of aliphatic hydroxyl groups excluding tert-OH is 27. The molecular weight excluding hydrogens is 1460 g/mol. The normalized spacial score (nSPS) is 48.0. The molecule has 48 nitrogen and oxygen atoms in total. The molecule has 8 rings (SSSR count). The Labute approximate surface area is 598 Å². The molecule has 0 aliphatic carbocycles. The predicted molar refractivity (Wildman–Crippen MR) is 321 cm³/mol. The van der Waals surface area contributed by atoms with Crippen molar-refractivity contribution in [1.29, 1.82) is 0 Å². The molecule has 0 spiro atoms. The van der Waals surface area contributed by atoms with Gasteiger partial charge in [0.2, 0.25) is 11.8 Å². The Balaban J connectivity index is 1.14. The van der Waals surface area contributed by atoms with Gasteiger partial charge >= 0.3 is 0 Å². The van der Waals surface area contributed by atoms with Crippen molar-refractivity contribution in [2.75, 3.05) is 59.5 Å². The zero-order valence-electron chi connectivity index (χ0n) is 56.2. The average molecular weight is 1560 g/mol. The SMILES string of the molecule is CC(=O)NC(C=O)C(O)C(OC1OC(CO)C(OC2OC(COC3OC(COC4OC(CO)C(O)C(O)C4OC4OC(CO)C(O)C(O)C4O)C(O)C(OC4OC(CO)C(O)C(O)C4O)C3O)C(O)C(OC3OC(CO)C(O)C(O)C3OC3OC(CO)C(O)C(O)C3O)C2O)C(O)C1NC(C)=O)C(O)CO. The number of hydrogen-bond donors (Lipinski definition) is 29. The number of amides is 2. The average Bonchev–Trinajstić information content (AvgIpc) is 0.772. The fraction of sp³-hybridized carbons (Fsp3) is 0.948. The molecule has 2 amide bonds. The van der Waals surface area contributed by atoms with E-state index in [2.05, 4.69) is 10.6 Å². The van der Waals surface area contributed by atoms with E-state index in [1.165, 1.54) is 0 Å². The van der Waals surface area contributed by atoms with Crippen LogP contribution in [0.1, 0.15) is 13.8 Å². The number of nitrogens with one attached hydrogen (secondary N) is 2. The number of aliphatic hydroxyl groups is 27. The third-order valence-electron chi connectivity index (χ3n) is 19.1. The van der Waals surface area contributed by atoms with Crippen molar-refractivity contribution in [3.63, 3.8) is 0 Å². The summed E-state index contributed by atoms with van der Waals surface area (Å²) in [6, 6.07) is -3.88. The molecule has 8 aliphatic heterocycles. The molecule has 616 valence electrons. The molecule has 0 aromatic rings. The van der Waals surface area contributed by atoms with E-state index in [0.29, 0.717) is 0 Å². The van der Waals surface area contributed by atoms with Gasteiger partial charge in [0.1, 0.15) is 226 Å². The summed E-state index contributed by atoms with van der Waals surface area (Å²) >= 11 is 0. The smallest absolute Gasteiger partial charge is 0.217 e. The lowest BCUT2D eigenvalue weighted by Crippen LogP contribution is -2.69. The molecule has 0 radical (unpaired) electrons. The number of ether oxygens (including phenoxy) is 16. The van der Waals surface area contributed by atoms with Crippen LogP contribution < -0.4 is 10.6 Å². The lowest BCUT2D eigenvalue weighted by Gasteiger charge is -2.50. The first-order valence-electron chi connectivity index (χ1n) is 33.4. The molecule has 44 unspecified atom stereocenters. The van der Waals surface area contributed by atoms with Crippen LogP contribution in [-0.4, -0.2) is 485 Å². The van der Waals surface area contributed by atoms with Crippen LogP contribution in [0.4, 0.5) is 0 Å². The Morgan fingerprint density at radius 3 is 1.08 bits per heavy atom. The van der Waals surface area contributed by atoms with Crippen molar-refractivity contribution in [1.82, 2.24) is 10.6 Å². The number of aldehydes is 1. The standard InChI is InChI=1S/C58H98N2O46/c1-13(69)59-15(3-61)26(72)45(16(71)4-62)101-51-25(60-14(2)70)34(80)46(22(10-68)98-51)102-56-44(90)48(104-58-50(39(85)31(77)21(9-67)97-58)106-55-42(88)37(83)29(75)19(7-65)95-55)33(79)24(100-56)11-91-52-43(89)47(103-53-40(86)35(81)27(73)17(5-63)93-53)32(78)23(99-52)12-92-57-49(38(84)30(76)20(8-66)96-57)105-54-41(87)36(82)28(74)18(6-64)94-54/h3,15-58,62-68,71-90H,4-12H2,1-2H3,(H,59,69)(H,60,70). The molecule has 29 N–H and O–H groups in total. The summed E-state index contributed by atoms with van der Waals surface area (Å²) in [6.45, 7) is -8.25. The first-order valence-corrected chi connectivity index (χ1v) is 33.4. The summed E-state index contributed by atoms with van der Waals surface area (Å²) in [6.07, 6.45) is -90.3. The Morgan fingerprint density at radius 1 is 0.349 bits per heavy atom. The molecule has 0 saturated carbocycles. The van der Waals surface area contributed by atoms with Crippen molar-refractivity contribution in [3.05, 3.63) is 0 Å². The highest BCUT2D eigenvalue weighted by Crippen LogP contribution is 2.39. The Bertz CT molecular complexity index is 2690. The fourth-order valence-corrected chi connectivity index (χ4v) is 13.0. The Kier molecular flexibility index (Phi) is 32.6. The molecule has 44 atom stereocenters. The summed E-state index contributed by atoms with van der Waals surface area (Å²) in [4.78, 5) is 36.9. The summed E-state index contributed by atoms with van der Waals surface area (Å²) in [5.74, 6) is -1.87. The predicted octanol–water partition coefficient (Wildman–Crippen LogP) is -20.5. The summed E-state index contributed by atoms with van der Waals surface area (Å²) < 4.78 is 92.9. The lowest BCUT2D eigenvalue weighted by atomic mass is 9.94. The van der Waals surface area contributed by atoms with Gasteiger partial charge in [0.05, 0.1) is 59.5 Å². The van der Waals surface area contributed by atoms with Gasteiger partial charge in [0.15, 0.2) is 50.3 Å². The number of carbonyl (C=O) groups excluding carboxylic acids is 3. The minimum Gasteiger partial charge on any atom is -0.394 e. The van der Waals surface area contributed by atoms with Crippen LogP contribution >= 0.6 is 0 Å². The van der Waals surface area contributed by atoms with Gasteiger partial charge in [-0.2, -0.15) is 0 Å². The summed E-state index contributed by atoms with van der Waals surface area (Å²) in [5.41, 5.74) is 0. The van der Waals surface area contributed by atoms with Crippen LogP contribution in [0.3, 0.4) is 0 Å². The third kappa shape index (κ3) is 19.6. The second-order valence-electron chi connectivity index (χ2n) is 26.4. The van der Waals surface area contributed by atoms with Crippen molar-refractivity contribution in [2.24, 2.45) is 0 Å². The van der Waals surface area contributed by atoms with Gasteiger partial charge < -0.3 is 229 Å². The molecule has 8 saturated heterocycles. The van der Waals surface area contributed by atoms with Crippen LogP contribution in [0.25, 0.3) is 0 Å². The Morgan fingerprint density at radius 2 is 0.679 bits per heavy atom. The van der Waals surface area contributed by atoms with Crippen LogP contribution in [0.5, 0.6) is 0 Å². The van der Waals surface area contributed by atoms with E-state index in [4.69, 9.17) is 75.8 Å². The van der Waals surface area contributed by atoms with E-state index in [-0.39, 0.29) is 6.29 Å². The molecule has 0 aromatic heterocycles. The molecule has 0 aromatic carbocycles. The minimum atomic E-state index is -2.57. The van der Waals surface area contributed by atoms with Gasteiger partial charge in [0, 0.05) is 13.8 Å². The van der Waals surface area contributed by atoms with Gasteiger partial charge in [-0.3, -0.25) is 9.59 Å². The number of hydrogen-bond acceptors (Lipinski definition) is 46. The van der Waals surface area contributed by atoms with Gasteiger partial charge in [0.25, 0.3) is 0 Å². The van der Waals surface area contributed by atoms with Gasteiger partial charge in [-0.25, -0.2) is 0 Å². The van der Waals surface area contributed by atoms with E-state index >= 15 is 0 Å². The third-order valence-corrected chi connectivity index (χ3v) is 19.1. The Hall–Kier alpha value is -3.11. The second kappa shape index (κ2) is 39.1. The lowest BCUT2D eigenvalue weighted by molar-refractivity contribution is -0.399. The highest BCUT2D eigenvalue weighted by atomic mass is 16.8. The van der Waals surface area contributed by atoms with Crippen LogP contribution in [-0.2, 0) is 90.2 Å². The largest absolute Gasteiger partial charge is 0.394 e. The topological polar surface area (TPSA) is 769 Å². The maximum Gasteiger partial charge on any atom is 0.217 e. The zero-order valence-corrected chi connectivity index (χ0v) is 56.2. The van der Waals surface area contributed by atoms with E-state index < -0.39 is 341 Å². The molecular formula is C58H98N2O46. The zero-order chi connectivity index (χ0) is 78.4. The summed E-state index contributed by atoms with van der Waals surface area (Å²) in [7, 11) is 0.